The molecule has 0 radical (unpaired) electrons. The van der Waals surface area contributed by atoms with Gasteiger partial charge in [-0.2, -0.15) is 5.10 Å². The van der Waals surface area contributed by atoms with Crippen molar-refractivity contribution in [3.8, 4) is 0 Å². The summed E-state index contributed by atoms with van der Waals surface area (Å²) in [6, 6.07) is 12.9. The smallest absolute Gasteiger partial charge is 0.249 e. The predicted octanol–water partition coefficient (Wildman–Crippen LogP) is 4.14. The largest absolute Gasteiger partial charge is 0.462 e. The maximum atomic E-state index is 12.1. The van der Waals surface area contributed by atoms with Crippen molar-refractivity contribution in [3.63, 3.8) is 0 Å². The van der Waals surface area contributed by atoms with Gasteiger partial charge in [0.05, 0.1) is 12.7 Å². The molecule has 0 saturated carbocycles. The summed E-state index contributed by atoms with van der Waals surface area (Å²) < 4.78 is 7.07. The number of amides is 1. The Hall–Kier alpha value is -2.79. The fraction of sp³-hybridized carbons (Fsp3) is 0.111. The fourth-order valence-corrected chi connectivity index (χ4v) is 2.42. The van der Waals surface area contributed by atoms with E-state index in [-0.39, 0.29) is 5.91 Å². The lowest BCUT2D eigenvalue weighted by atomic mass is 10.2. The lowest BCUT2D eigenvalue weighted by molar-refractivity contribution is -0.111. The summed E-state index contributed by atoms with van der Waals surface area (Å²) in [5.41, 5.74) is 0.931. The monoisotopic (exact) mass is 341 g/mol. The number of halogens is 1. The van der Waals surface area contributed by atoms with Gasteiger partial charge in [-0.1, -0.05) is 29.8 Å². The van der Waals surface area contributed by atoms with Crippen LogP contribution in [0, 0.1) is 6.92 Å². The first-order chi connectivity index (χ1) is 11.6. The molecule has 2 heterocycles. The first-order valence-corrected chi connectivity index (χ1v) is 7.80. The molecule has 0 atom stereocenters. The molecule has 0 unspecified atom stereocenters. The number of nitrogens with zero attached hydrogens (tertiary/aromatic N) is 2. The van der Waals surface area contributed by atoms with Crippen LogP contribution in [0.1, 0.15) is 17.1 Å². The number of nitrogens with one attached hydrogen (secondary N) is 1. The summed E-state index contributed by atoms with van der Waals surface area (Å²) in [5.74, 6) is 1.77. The molecular formula is C18H16ClN3O2. The minimum absolute atomic E-state index is 0.259. The minimum Gasteiger partial charge on any atom is -0.462 e. The van der Waals surface area contributed by atoms with Crippen molar-refractivity contribution < 1.29 is 9.21 Å². The van der Waals surface area contributed by atoms with Crippen molar-refractivity contribution in [2.24, 2.45) is 0 Å². The zero-order valence-corrected chi connectivity index (χ0v) is 13.8. The highest BCUT2D eigenvalue weighted by atomic mass is 35.5. The molecular weight excluding hydrogens is 326 g/mol. The Kier molecular flexibility index (Phi) is 4.82. The molecule has 1 amide bonds. The normalized spacial score (nSPS) is 11.1. The van der Waals surface area contributed by atoms with Gasteiger partial charge in [0, 0.05) is 17.2 Å². The van der Waals surface area contributed by atoms with Crippen LogP contribution >= 0.6 is 11.6 Å². The van der Waals surface area contributed by atoms with Crippen molar-refractivity contribution in [3.05, 3.63) is 76.8 Å². The third-order valence-electron chi connectivity index (χ3n) is 3.41. The second-order valence-electron chi connectivity index (χ2n) is 5.24. The molecule has 1 N–H and O–H groups in total. The zero-order chi connectivity index (χ0) is 16.9. The van der Waals surface area contributed by atoms with Crippen LogP contribution in [0.5, 0.6) is 0 Å². The van der Waals surface area contributed by atoms with E-state index in [1.165, 1.54) is 6.08 Å². The van der Waals surface area contributed by atoms with E-state index in [1.54, 1.807) is 29.1 Å². The molecule has 0 aliphatic heterocycles. The molecule has 0 bridgehead atoms. The number of benzene rings is 1. The summed E-state index contributed by atoms with van der Waals surface area (Å²) in [6.45, 7) is 2.33. The molecule has 6 heteroatoms. The molecule has 122 valence electrons. The van der Waals surface area contributed by atoms with Gasteiger partial charge in [0.2, 0.25) is 5.91 Å². The van der Waals surface area contributed by atoms with E-state index in [9.17, 15) is 4.79 Å². The van der Waals surface area contributed by atoms with Gasteiger partial charge in [-0.15, -0.1) is 0 Å². The molecule has 0 aliphatic rings. The first-order valence-electron chi connectivity index (χ1n) is 7.42. The van der Waals surface area contributed by atoms with Crippen LogP contribution in [-0.4, -0.2) is 15.7 Å². The Morgan fingerprint density at radius 3 is 2.88 bits per heavy atom. The number of furan rings is 1. The molecule has 3 rings (SSSR count). The molecule has 1 aromatic carbocycles. The maximum absolute atomic E-state index is 12.1. The van der Waals surface area contributed by atoms with Crippen LogP contribution in [0.4, 0.5) is 5.82 Å². The van der Waals surface area contributed by atoms with Crippen LogP contribution in [0.2, 0.25) is 5.02 Å². The van der Waals surface area contributed by atoms with E-state index in [4.69, 9.17) is 16.0 Å². The average molecular weight is 342 g/mol. The van der Waals surface area contributed by atoms with Gasteiger partial charge < -0.3 is 9.73 Å². The Labute approximate surface area is 144 Å². The number of anilines is 1. The molecule has 0 fully saturated rings. The second kappa shape index (κ2) is 7.19. The zero-order valence-electron chi connectivity index (χ0n) is 13.1. The fourth-order valence-electron chi connectivity index (χ4n) is 2.22. The molecule has 0 saturated heterocycles. The summed E-state index contributed by atoms with van der Waals surface area (Å²) >= 11 is 6.17. The number of aryl methyl sites for hydroxylation is 1. The maximum Gasteiger partial charge on any atom is 0.249 e. The lowest BCUT2D eigenvalue weighted by Gasteiger charge is -2.09. The summed E-state index contributed by atoms with van der Waals surface area (Å²) in [7, 11) is 0. The number of hydrogen-bond acceptors (Lipinski definition) is 3. The SMILES string of the molecule is Cc1ccc(/C=C/C(=O)Nc2ccnn2Cc2ccccc2Cl)o1. The van der Waals surface area contributed by atoms with Crippen LogP contribution in [0.3, 0.4) is 0 Å². The quantitative estimate of drug-likeness (QED) is 0.709. The Balaban J connectivity index is 1.68. The minimum atomic E-state index is -0.259. The average Bonchev–Trinajstić information content (AvgIpc) is 3.17. The Morgan fingerprint density at radius 2 is 2.12 bits per heavy atom. The first kappa shape index (κ1) is 16.1. The van der Waals surface area contributed by atoms with Crippen molar-refractivity contribution >= 4 is 29.4 Å². The predicted molar refractivity (Wildman–Crippen MR) is 93.9 cm³/mol. The van der Waals surface area contributed by atoms with E-state index in [0.29, 0.717) is 23.1 Å². The van der Waals surface area contributed by atoms with Gasteiger partial charge in [-0.05, 0) is 36.8 Å². The van der Waals surface area contributed by atoms with Gasteiger partial charge >= 0.3 is 0 Å². The highest BCUT2D eigenvalue weighted by Crippen LogP contribution is 2.18. The topological polar surface area (TPSA) is 60.1 Å². The van der Waals surface area contributed by atoms with E-state index < -0.39 is 0 Å². The summed E-state index contributed by atoms with van der Waals surface area (Å²) in [6.07, 6.45) is 4.67. The van der Waals surface area contributed by atoms with Gasteiger partial charge in [-0.25, -0.2) is 4.68 Å². The second-order valence-corrected chi connectivity index (χ2v) is 5.64. The van der Waals surface area contributed by atoms with E-state index in [0.717, 1.165) is 11.3 Å². The van der Waals surface area contributed by atoms with Gasteiger partial charge in [0.25, 0.3) is 0 Å². The number of aromatic nitrogens is 2. The van der Waals surface area contributed by atoms with Crippen LogP contribution in [0.15, 0.2) is 59.2 Å². The van der Waals surface area contributed by atoms with Gasteiger partial charge in [0.1, 0.15) is 17.3 Å². The number of carbonyl (C=O) groups is 1. The van der Waals surface area contributed by atoms with E-state index in [2.05, 4.69) is 10.4 Å². The molecule has 2 aromatic heterocycles. The Morgan fingerprint density at radius 1 is 1.29 bits per heavy atom. The van der Waals surface area contributed by atoms with Crippen LogP contribution in [-0.2, 0) is 11.3 Å². The molecule has 3 aromatic rings. The Bertz CT molecular complexity index is 880. The number of hydrogen-bond donors (Lipinski definition) is 1. The highest BCUT2D eigenvalue weighted by molar-refractivity contribution is 6.31. The van der Waals surface area contributed by atoms with E-state index >= 15 is 0 Å². The standard InChI is InChI=1S/C18H16ClN3O2/c1-13-6-7-15(24-13)8-9-18(23)21-17-10-11-20-22(17)12-14-4-2-3-5-16(14)19/h2-11H,12H2,1H3,(H,21,23)/b9-8+. The van der Waals surface area contributed by atoms with Crippen molar-refractivity contribution in [1.29, 1.82) is 0 Å². The van der Waals surface area contributed by atoms with Crippen molar-refractivity contribution in [2.45, 2.75) is 13.5 Å². The number of carbonyl (C=O) groups excluding carboxylic acids is 1. The molecule has 24 heavy (non-hydrogen) atoms. The van der Waals surface area contributed by atoms with Crippen LogP contribution < -0.4 is 5.32 Å². The number of rotatable bonds is 5. The third-order valence-corrected chi connectivity index (χ3v) is 3.77. The summed E-state index contributed by atoms with van der Waals surface area (Å²) in [5, 5.41) is 7.69. The highest BCUT2D eigenvalue weighted by Gasteiger charge is 2.07. The van der Waals surface area contributed by atoms with Gasteiger partial charge in [0.15, 0.2) is 0 Å². The third kappa shape index (κ3) is 3.94. The van der Waals surface area contributed by atoms with Crippen LogP contribution in [0.25, 0.3) is 6.08 Å². The lowest BCUT2D eigenvalue weighted by Crippen LogP contribution is -2.13. The molecule has 0 aliphatic carbocycles. The molecule has 0 spiro atoms. The van der Waals surface area contributed by atoms with Gasteiger partial charge in [-0.3, -0.25) is 4.79 Å². The van der Waals surface area contributed by atoms with Crippen molar-refractivity contribution in [1.82, 2.24) is 9.78 Å². The van der Waals surface area contributed by atoms with Crippen molar-refractivity contribution in [2.75, 3.05) is 5.32 Å². The van der Waals surface area contributed by atoms with E-state index in [1.807, 2.05) is 37.3 Å². The molecule has 5 nitrogen and oxygen atoms in total. The summed E-state index contributed by atoms with van der Waals surface area (Å²) in [4.78, 5) is 12.1.